The molecule has 0 saturated carbocycles. The van der Waals surface area contributed by atoms with Crippen LogP contribution in [-0.4, -0.2) is 15.6 Å². The molecule has 2 heterocycles. The Labute approximate surface area is 148 Å². The van der Waals surface area contributed by atoms with Crippen molar-refractivity contribution in [1.29, 1.82) is 0 Å². The van der Waals surface area contributed by atoms with Crippen LogP contribution in [0.4, 0.5) is 10.5 Å². The molecule has 0 saturated heterocycles. The average molecular weight is 336 g/mol. The highest BCUT2D eigenvalue weighted by atomic mass is 16.2. The highest BCUT2D eigenvalue weighted by Gasteiger charge is 2.21. The largest absolute Gasteiger partial charge is 0.350 e. The van der Waals surface area contributed by atoms with Gasteiger partial charge in [0.1, 0.15) is 0 Å². The smallest absolute Gasteiger partial charge is 0.319 e. The summed E-state index contributed by atoms with van der Waals surface area (Å²) in [7, 11) is 1.99. The lowest BCUT2D eigenvalue weighted by Gasteiger charge is -2.23. The average Bonchev–Trinajstić information content (AvgIpc) is 2.94. The molecule has 0 aliphatic rings. The van der Waals surface area contributed by atoms with E-state index in [1.807, 2.05) is 55.1 Å². The number of nitrogens with zero attached hydrogens (tertiary/aromatic N) is 2. The third kappa shape index (κ3) is 3.65. The predicted molar refractivity (Wildman–Crippen MR) is 102 cm³/mol. The SMILES string of the molecule is Cc1cccnc1[C@@H](NC(=O)Nc1ccc2ccn(C)c2c1)C(C)C. The molecule has 0 aliphatic heterocycles. The van der Waals surface area contributed by atoms with Crippen molar-refractivity contribution >= 4 is 22.6 Å². The lowest BCUT2D eigenvalue weighted by Crippen LogP contribution is -2.36. The fourth-order valence-corrected chi connectivity index (χ4v) is 3.02. The molecule has 0 unspecified atom stereocenters. The number of rotatable bonds is 4. The summed E-state index contributed by atoms with van der Waals surface area (Å²) in [5.41, 5.74) is 3.84. The van der Waals surface area contributed by atoms with Gasteiger partial charge in [-0.15, -0.1) is 0 Å². The summed E-state index contributed by atoms with van der Waals surface area (Å²) in [5.74, 6) is 0.231. The van der Waals surface area contributed by atoms with Crippen molar-refractivity contribution in [3.8, 4) is 0 Å². The summed E-state index contributed by atoms with van der Waals surface area (Å²) in [6.07, 6.45) is 3.77. The number of carbonyl (C=O) groups excluding carboxylic acids is 1. The van der Waals surface area contributed by atoms with Crippen LogP contribution in [0.2, 0.25) is 0 Å². The number of carbonyl (C=O) groups is 1. The van der Waals surface area contributed by atoms with E-state index < -0.39 is 0 Å². The van der Waals surface area contributed by atoms with Gasteiger partial charge in [0.2, 0.25) is 0 Å². The Kier molecular flexibility index (Phi) is 4.74. The lowest BCUT2D eigenvalue weighted by atomic mass is 9.97. The molecule has 130 valence electrons. The zero-order valence-corrected chi connectivity index (χ0v) is 15.1. The highest BCUT2D eigenvalue weighted by molar-refractivity contribution is 5.93. The molecule has 0 radical (unpaired) electrons. The van der Waals surface area contributed by atoms with Gasteiger partial charge in [0.05, 0.1) is 11.7 Å². The third-order valence-corrected chi connectivity index (χ3v) is 4.44. The van der Waals surface area contributed by atoms with Crippen LogP contribution >= 0.6 is 0 Å². The van der Waals surface area contributed by atoms with Crippen LogP contribution in [0.15, 0.2) is 48.8 Å². The Morgan fingerprint density at radius 3 is 2.72 bits per heavy atom. The van der Waals surface area contributed by atoms with Crippen molar-refractivity contribution in [3.05, 3.63) is 60.0 Å². The minimum Gasteiger partial charge on any atom is -0.350 e. The van der Waals surface area contributed by atoms with Gasteiger partial charge in [-0.2, -0.15) is 0 Å². The fraction of sp³-hybridized carbons (Fsp3) is 0.300. The van der Waals surface area contributed by atoms with Gasteiger partial charge < -0.3 is 15.2 Å². The highest BCUT2D eigenvalue weighted by Crippen LogP contribution is 2.23. The van der Waals surface area contributed by atoms with Crippen molar-refractivity contribution < 1.29 is 4.79 Å². The van der Waals surface area contributed by atoms with Crippen LogP contribution in [0.3, 0.4) is 0 Å². The topological polar surface area (TPSA) is 59.0 Å². The molecule has 1 aromatic carbocycles. The monoisotopic (exact) mass is 336 g/mol. The Hall–Kier alpha value is -2.82. The minimum absolute atomic E-state index is 0.139. The summed E-state index contributed by atoms with van der Waals surface area (Å²) in [6, 6.07) is 11.5. The fourth-order valence-electron chi connectivity index (χ4n) is 3.02. The van der Waals surface area contributed by atoms with E-state index in [0.717, 1.165) is 27.8 Å². The van der Waals surface area contributed by atoms with E-state index in [4.69, 9.17) is 0 Å². The van der Waals surface area contributed by atoms with Crippen molar-refractivity contribution in [1.82, 2.24) is 14.9 Å². The van der Waals surface area contributed by atoms with E-state index in [0.29, 0.717) is 0 Å². The van der Waals surface area contributed by atoms with Gasteiger partial charge in [-0.05, 0) is 48.1 Å². The van der Waals surface area contributed by atoms with Crippen molar-refractivity contribution in [3.63, 3.8) is 0 Å². The van der Waals surface area contributed by atoms with Crippen LogP contribution in [-0.2, 0) is 7.05 Å². The summed E-state index contributed by atoms with van der Waals surface area (Å²) in [5, 5.41) is 7.14. The van der Waals surface area contributed by atoms with Gasteiger partial charge in [-0.3, -0.25) is 4.98 Å². The van der Waals surface area contributed by atoms with Crippen molar-refractivity contribution in [2.24, 2.45) is 13.0 Å². The number of pyridine rings is 1. The zero-order chi connectivity index (χ0) is 18.0. The second-order valence-corrected chi connectivity index (χ2v) is 6.73. The van der Waals surface area contributed by atoms with Gasteiger partial charge >= 0.3 is 6.03 Å². The molecule has 0 bridgehead atoms. The number of benzene rings is 1. The van der Waals surface area contributed by atoms with E-state index in [2.05, 4.69) is 35.5 Å². The first-order valence-electron chi connectivity index (χ1n) is 8.50. The third-order valence-electron chi connectivity index (χ3n) is 4.44. The molecule has 5 nitrogen and oxygen atoms in total. The lowest BCUT2D eigenvalue weighted by molar-refractivity contribution is 0.244. The van der Waals surface area contributed by atoms with E-state index in [1.165, 1.54) is 0 Å². The Morgan fingerprint density at radius 1 is 1.20 bits per heavy atom. The number of anilines is 1. The quantitative estimate of drug-likeness (QED) is 0.742. The molecule has 25 heavy (non-hydrogen) atoms. The van der Waals surface area contributed by atoms with E-state index in [-0.39, 0.29) is 18.0 Å². The van der Waals surface area contributed by atoms with Gasteiger partial charge in [0.25, 0.3) is 0 Å². The van der Waals surface area contributed by atoms with Crippen LogP contribution < -0.4 is 10.6 Å². The maximum atomic E-state index is 12.5. The molecule has 1 atom stereocenters. The number of aryl methyl sites for hydroxylation is 2. The van der Waals surface area contributed by atoms with Crippen LogP contribution in [0, 0.1) is 12.8 Å². The molecule has 0 aliphatic carbocycles. The van der Waals surface area contributed by atoms with Gasteiger partial charge in [-0.25, -0.2) is 4.79 Å². The number of hydrogen-bond acceptors (Lipinski definition) is 2. The van der Waals surface area contributed by atoms with Crippen LogP contribution in [0.1, 0.15) is 31.1 Å². The number of hydrogen-bond donors (Lipinski definition) is 2. The molecule has 3 aromatic rings. The van der Waals surface area contributed by atoms with E-state index in [1.54, 1.807) is 6.20 Å². The Bertz CT molecular complexity index is 898. The molecule has 2 amide bonds. The summed E-state index contributed by atoms with van der Waals surface area (Å²) in [4.78, 5) is 17.0. The molecule has 2 aromatic heterocycles. The molecular formula is C20H24N4O. The minimum atomic E-state index is -0.225. The first kappa shape index (κ1) is 17.0. The van der Waals surface area contributed by atoms with Gasteiger partial charge in [0.15, 0.2) is 0 Å². The standard InChI is InChI=1S/C20H24N4O/c1-13(2)18(19-14(3)6-5-10-21-19)23-20(25)22-16-8-7-15-9-11-24(4)17(15)12-16/h5-13,18H,1-4H3,(H2,22,23,25)/t18-/m0/s1. The first-order valence-corrected chi connectivity index (χ1v) is 8.50. The van der Waals surface area contributed by atoms with Crippen molar-refractivity contribution in [2.45, 2.75) is 26.8 Å². The summed E-state index contributed by atoms with van der Waals surface area (Å²) >= 11 is 0. The van der Waals surface area contributed by atoms with E-state index >= 15 is 0 Å². The summed E-state index contributed by atoms with van der Waals surface area (Å²) in [6.45, 7) is 6.17. The Balaban J connectivity index is 1.77. The second kappa shape index (κ2) is 6.97. The van der Waals surface area contributed by atoms with Crippen LogP contribution in [0.25, 0.3) is 10.9 Å². The Morgan fingerprint density at radius 2 is 2.00 bits per heavy atom. The molecule has 0 fully saturated rings. The maximum absolute atomic E-state index is 12.5. The van der Waals surface area contributed by atoms with Gasteiger partial charge in [-0.1, -0.05) is 26.0 Å². The van der Waals surface area contributed by atoms with Gasteiger partial charge in [0, 0.05) is 30.6 Å². The summed E-state index contributed by atoms with van der Waals surface area (Å²) < 4.78 is 2.03. The number of aromatic nitrogens is 2. The zero-order valence-electron chi connectivity index (χ0n) is 15.1. The van der Waals surface area contributed by atoms with E-state index in [9.17, 15) is 4.79 Å². The number of urea groups is 1. The molecule has 3 rings (SSSR count). The van der Waals surface area contributed by atoms with Crippen molar-refractivity contribution in [2.75, 3.05) is 5.32 Å². The molecular weight excluding hydrogens is 312 g/mol. The number of nitrogens with one attached hydrogen (secondary N) is 2. The normalized spacial score (nSPS) is 12.4. The number of amides is 2. The maximum Gasteiger partial charge on any atom is 0.319 e. The molecule has 5 heteroatoms. The van der Waals surface area contributed by atoms with Crippen LogP contribution in [0.5, 0.6) is 0 Å². The first-order chi connectivity index (χ1) is 12.0. The second-order valence-electron chi connectivity index (χ2n) is 6.73. The number of fused-ring (bicyclic) bond motifs is 1. The molecule has 2 N–H and O–H groups in total. The predicted octanol–water partition coefficient (Wildman–Crippen LogP) is 4.40. The molecule has 0 spiro atoms.